The zero-order chi connectivity index (χ0) is 50.8. The van der Waals surface area contributed by atoms with Gasteiger partial charge in [-0.05, 0) is 193 Å². The molecular formula is C54H84N6O6S6. The largest absolute Gasteiger partial charge is 0.352 e. The van der Waals surface area contributed by atoms with Gasteiger partial charge in [0.25, 0.3) is 0 Å². The Hall–Kier alpha value is -1.08. The molecule has 12 saturated carbocycles. The van der Waals surface area contributed by atoms with Crippen molar-refractivity contribution in [2.45, 2.75) is 193 Å². The molecule has 13 rings (SSSR count). The highest BCUT2D eigenvalue weighted by Crippen LogP contribution is 2.68. The van der Waals surface area contributed by atoms with E-state index in [9.17, 15) is 28.8 Å². The average Bonchev–Trinajstić information content (AvgIpc) is 3.29. The van der Waals surface area contributed by atoms with Gasteiger partial charge in [-0.25, -0.2) is 0 Å². The van der Waals surface area contributed by atoms with Crippen LogP contribution in [-0.2, 0) is 28.8 Å². The lowest BCUT2D eigenvalue weighted by molar-refractivity contribution is -0.168. The van der Waals surface area contributed by atoms with Crippen molar-refractivity contribution in [1.82, 2.24) is 31.9 Å². The first kappa shape index (κ1) is 54.3. The van der Waals surface area contributed by atoms with Gasteiger partial charge in [0.15, 0.2) is 0 Å². The van der Waals surface area contributed by atoms with Crippen molar-refractivity contribution >= 4 is 100 Å². The Kier molecular flexibility index (Phi) is 16.0. The molecule has 6 N–H and O–H groups in total. The van der Waals surface area contributed by atoms with Crippen molar-refractivity contribution in [3.05, 3.63) is 0 Å². The lowest BCUT2D eigenvalue weighted by atomic mass is 9.43. The standard InChI is InChI=1S/C54H84N6O6S6/c1-31-22-67-68-23-32(2)56-45(63)51-14-39-8-40(15-51)17-52(16-39,29-51)46(64)58-35(5)26-71-72-27-36(6)60-48(66)54-20-41-9-42(21-54)19-53(18-41,30-54)47(65)59-34(4)25-70-69-24-33(3)57-44(62)50-12-37-7-38(13-50)11-49(10-37,28-50)43(61)55-31/h31-42H,7-30H2,1-6H3,(H,55,61)(H,56,63)(H,57,62)(H,58,64)(H,59,65)(H,60,66)/t31-,32-,33-,34-,35-,36-,37?,38?,39?,40?,41?,42?,49?,50?,51?,52?,53?,54?/m1/s1. The van der Waals surface area contributed by atoms with Crippen LogP contribution in [0.4, 0.5) is 0 Å². The third-order valence-electron chi connectivity index (χ3n) is 19.5. The van der Waals surface area contributed by atoms with Crippen LogP contribution in [0.25, 0.3) is 0 Å². The first-order chi connectivity index (χ1) is 34.2. The molecule has 12 bridgehead atoms. The highest BCUT2D eigenvalue weighted by Gasteiger charge is 2.66. The Morgan fingerprint density at radius 3 is 0.556 bits per heavy atom. The van der Waals surface area contributed by atoms with Crippen molar-refractivity contribution in [2.24, 2.45) is 68.0 Å². The molecule has 1 saturated heterocycles. The van der Waals surface area contributed by atoms with Crippen LogP contribution in [0.15, 0.2) is 0 Å². The summed E-state index contributed by atoms with van der Waals surface area (Å²) in [7, 11) is 10.4. The van der Waals surface area contributed by atoms with Gasteiger partial charge < -0.3 is 31.9 Å². The monoisotopic (exact) mass is 1100 g/mol. The Balaban J connectivity index is 0.793. The first-order valence-electron chi connectivity index (χ1n) is 27.8. The molecule has 12 nitrogen and oxygen atoms in total. The van der Waals surface area contributed by atoms with Crippen LogP contribution >= 0.6 is 64.8 Å². The van der Waals surface area contributed by atoms with E-state index in [1.165, 1.54) is 0 Å². The van der Waals surface area contributed by atoms with Gasteiger partial charge in [-0.2, -0.15) is 0 Å². The Labute approximate surface area is 453 Å². The molecule has 0 aromatic heterocycles. The lowest BCUT2D eigenvalue weighted by Crippen LogP contribution is -2.62. The molecule has 0 aromatic rings. The van der Waals surface area contributed by atoms with Gasteiger partial charge in [0, 0.05) is 70.8 Å². The van der Waals surface area contributed by atoms with Gasteiger partial charge in [-0.1, -0.05) is 64.8 Å². The lowest BCUT2D eigenvalue weighted by Gasteiger charge is -2.60. The molecule has 0 aromatic carbocycles. The number of carbonyl (C=O) groups excluding carboxylic acids is 6. The number of hydrogen-bond acceptors (Lipinski definition) is 12. The molecule has 1 heterocycles. The highest BCUT2D eigenvalue weighted by molar-refractivity contribution is 8.77. The van der Waals surface area contributed by atoms with Gasteiger partial charge in [-0.3, -0.25) is 28.8 Å². The molecule has 0 unspecified atom stereocenters. The van der Waals surface area contributed by atoms with Crippen LogP contribution in [0.2, 0.25) is 0 Å². The minimum atomic E-state index is -0.497. The van der Waals surface area contributed by atoms with E-state index >= 15 is 0 Å². The molecule has 13 fully saturated rings. The highest BCUT2D eigenvalue weighted by atomic mass is 33.1. The molecule has 6 amide bonds. The fourth-order valence-corrected chi connectivity index (χ4v) is 25.5. The van der Waals surface area contributed by atoms with Crippen LogP contribution < -0.4 is 31.9 Å². The molecule has 72 heavy (non-hydrogen) atoms. The average molecular weight is 1110 g/mol. The van der Waals surface area contributed by atoms with Crippen LogP contribution in [0.3, 0.4) is 0 Å². The van der Waals surface area contributed by atoms with Crippen LogP contribution in [-0.4, -0.2) is 106 Å². The van der Waals surface area contributed by atoms with E-state index in [1.54, 1.807) is 64.8 Å². The zero-order valence-corrected chi connectivity index (χ0v) is 48.7. The molecule has 6 atom stereocenters. The second-order valence-electron chi connectivity index (χ2n) is 26.5. The molecule has 0 radical (unpaired) electrons. The summed E-state index contributed by atoms with van der Waals surface area (Å²) in [6.07, 6.45) is 15.7. The van der Waals surface area contributed by atoms with Crippen molar-refractivity contribution in [1.29, 1.82) is 0 Å². The van der Waals surface area contributed by atoms with E-state index in [-0.39, 0.29) is 71.7 Å². The fraction of sp³-hybridized carbons (Fsp3) is 0.889. The maximum Gasteiger partial charge on any atom is 0.226 e. The Bertz CT molecular complexity index is 1710. The topological polar surface area (TPSA) is 175 Å². The van der Waals surface area contributed by atoms with Crippen molar-refractivity contribution in [2.75, 3.05) is 34.5 Å². The van der Waals surface area contributed by atoms with Gasteiger partial charge in [0.2, 0.25) is 35.4 Å². The summed E-state index contributed by atoms with van der Waals surface area (Å²) in [5, 5.41) is 20.4. The molecular weight excluding hydrogens is 1020 g/mol. The summed E-state index contributed by atoms with van der Waals surface area (Å²) in [6.45, 7) is 12.5. The second-order valence-corrected chi connectivity index (χ2v) is 34.2. The summed E-state index contributed by atoms with van der Waals surface area (Å²) < 4.78 is 0. The van der Waals surface area contributed by atoms with Crippen LogP contribution in [0.5, 0.6) is 0 Å². The maximum atomic E-state index is 14.3. The van der Waals surface area contributed by atoms with Crippen LogP contribution in [0, 0.1) is 68.0 Å². The molecule has 402 valence electrons. The normalized spacial score (nSPS) is 48.8. The minimum absolute atomic E-state index is 0.0241. The van der Waals surface area contributed by atoms with E-state index in [4.69, 9.17) is 0 Å². The second kappa shape index (κ2) is 21.3. The minimum Gasteiger partial charge on any atom is -0.352 e. The summed E-state index contributed by atoms with van der Waals surface area (Å²) in [4.78, 5) is 85.9. The predicted molar refractivity (Wildman–Crippen MR) is 299 cm³/mol. The fourth-order valence-electron chi connectivity index (χ4n) is 17.8. The summed E-state index contributed by atoms with van der Waals surface area (Å²) >= 11 is 0. The summed E-state index contributed by atoms with van der Waals surface area (Å²) in [5.74, 6) is 7.63. The third-order valence-corrected chi connectivity index (χ3v) is 27.8. The summed E-state index contributed by atoms with van der Waals surface area (Å²) in [6, 6.07) is -0.145. The van der Waals surface area contributed by atoms with E-state index in [0.29, 0.717) is 54.8 Å². The third kappa shape index (κ3) is 11.0. The van der Waals surface area contributed by atoms with Gasteiger partial charge in [-0.15, -0.1) is 0 Å². The van der Waals surface area contributed by atoms with E-state index < -0.39 is 32.5 Å². The number of hydrogen-bond donors (Lipinski definition) is 6. The molecule has 1 aliphatic heterocycles. The van der Waals surface area contributed by atoms with E-state index in [1.807, 2.05) is 0 Å². The number of rotatable bonds is 0. The van der Waals surface area contributed by atoms with Crippen molar-refractivity contribution in [3.63, 3.8) is 0 Å². The molecule has 12 aliphatic carbocycles. The summed E-state index contributed by atoms with van der Waals surface area (Å²) in [5.41, 5.74) is -2.98. The predicted octanol–water partition coefficient (Wildman–Crippen LogP) is 8.93. The molecule has 13 aliphatic rings. The van der Waals surface area contributed by atoms with Gasteiger partial charge >= 0.3 is 0 Å². The molecule has 6 spiro atoms. The maximum absolute atomic E-state index is 14.3. The molecule has 18 heteroatoms. The number of carbonyl (C=O) groups is 6. The van der Waals surface area contributed by atoms with E-state index in [2.05, 4.69) is 73.4 Å². The zero-order valence-electron chi connectivity index (χ0n) is 43.8. The first-order valence-corrected chi connectivity index (χ1v) is 35.3. The van der Waals surface area contributed by atoms with Crippen molar-refractivity contribution in [3.8, 4) is 0 Å². The number of amides is 6. The van der Waals surface area contributed by atoms with Gasteiger partial charge in [0.1, 0.15) is 0 Å². The smallest absolute Gasteiger partial charge is 0.226 e. The Morgan fingerprint density at radius 2 is 0.417 bits per heavy atom. The number of nitrogens with one attached hydrogen (secondary N) is 6. The van der Waals surface area contributed by atoms with Gasteiger partial charge in [0.05, 0.1) is 32.5 Å². The Morgan fingerprint density at radius 1 is 0.278 bits per heavy atom. The van der Waals surface area contributed by atoms with Crippen LogP contribution in [0.1, 0.15) is 157 Å². The van der Waals surface area contributed by atoms with E-state index in [0.717, 1.165) is 131 Å². The quantitative estimate of drug-likeness (QED) is 0.127. The van der Waals surface area contributed by atoms with Crippen molar-refractivity contribution < 1.29 is 28.8 Å². The SMILES string of the molecule is C[C@@H]1CSSC[C@@H](C)NC(=O)C23CC4CC(C2)CC(C4)(C3)C(=O)N[C@H](C)CSSC[C@@H](C)NC(=O)C23CC4CC(CC(C4)(C2)C(=O)N[C@H](C)CSSC[C@@H](C)NC(=O)C24CC5CC(CC(C5)(C2)C(=O)N1)C4)C3.